The molecule has 4 heteroatoms. The van der Waals surface area contributed by atoms with Gasteiger partial charge in [0.15, 0.2) is 0 Å². The molecule has 0 fully saturated rings. The molecule has 98 valence electrons. The van der Waals surface area contributed by atoms with Gasteiger partial charge in [-0.05, 0) is 25.5 Å². The van der Waals surface area contributed by atoms with Gasteiger partial charge in [-0.1, -0.05) is 13.8 Å². The number of furan rings is 1. The van der Waals surface area contributed by atoms with Crippen LogP contribution in [0.25, 0.3) is 0 Å². The maximum Gasteiger partial charge on any atom is 0.130 e. The van der Waals surface area contributed by atoms with Crippen molar-refractivity contribution in [1.82, 2.24) is 14.9 Å². The number of aromatic nitrogens is 2. The van der Waals surface area contributed by atoms with Crippen LogP contribution < -0.4 is 5.32 Å². The molecule has 2 aromatic rings. The van der Waals surface area contributed by atoms with Gasteiger partial charge in [-0.2, -0.15) is 0 Å². The summed E-state index contributed by atoms with van der Waals surface area (Å²) in [6.07, 6.45) is 9.62. The molecule has 0 saturated heterocycles. The predicted octanol–water partition coefficient (Wildman–Crippen LogP) is 2.98. The van der Waals surface area contributed by atoms with Gasteiger partial charge >= 0.3 is 0 Å². The van der Waals surface area contributed by atoms with E-state index in [0.29, 0.717) is 0 Å². The zero-order valence-electron chi connectivity index (χ0n) is 11.1. The van der Waals surface area contributed by atoms with Crippen molar-refractivity contribution >= 4 is 0 Å². The first kappa shape index (κ1) is 12.9. The van der Waals surface area contributed by atoms with E-state index in [1.807, 2.05) is 18.5 Å². The van der Waals surface area contributed by atoms with Crippen LogP contribution in [0, 0.1) is 0 Å². The van der Waals surface area contributed by atoms with Crippen molar-refractivity contribution in [2.75, 3.05) is 6.54 Å². The molecule has 0 spiro atoms. The van der Waals surface area contributed by atoms with Crippen LogP contribution in [-0.2, 0) is 6.54 Å². The van der Waals surface area contributed by atoms with Crippen molar-refractivity contribution in [2.45, 2.75) is 39.3 Å². The number of nitrogens with zero attached hydrogens (tertiary/aromatic N) is 2. The highest BCUT2D eigenvalue weighted by Gasteiger charge is 2.19. The average molecular weight is 247 g/mol. The van der Waals surface area contributed by atoms with Crippen LogP contribution in [0.5, 0.6) is 0 Å². The maximum atomic E-state index is 5.20. The summed E-state index contributed by atoms with van der Waals surface area (Å²) in [5.41, 5.74) is 1.13. The highest BCUT2D eigenvalue weighted by molar-refractivity contribution is 5.21. The van der Waals surface area contributed by atoms with Crippen LogP contribution in [-0.4, -0.2) is 16.1 Å². The third kappa shape index (κ3) is 2.82. The first-order valence-electron chi connectivity index (χ1n) is 6.63. The van der Waals surface area contributed by atoms with E-state index >= 15 is 0 Å². The lowest BCUT2D eigenvalue weighted by atomic mass is 10.1. The number of nitrogens with one attached hydrogen (secondary N) is 1. The van der Waals surface area contributed by atoms with Gasteiger partial charge in [0.2, 0.25) is 0 Å². The van der Waals surface area contributed by atoms with Gasteiger partial charge in [-0.25, -0.2) is 4.98 Å². The summed E-state index contributed by atoms with van der Waals surface area (Å²) in [5, 5.41) is 3.53. The summed E-state index contributed by atoms with van der Waals surface area (Å²) in [6, 6.07) is 2.11. The fraction of sp³-hybridized carbons (Fsp3) is 0.500. The zero-order chi connectivity index (χ0) is 12.8. The topological polar surface area (TPSA) is 43.0 Å². The van der Waals surface area contributed by atoms with Crippen LogP contribution in [0.3, 0.4) is 0 Å². The largest absolute Gasteiger partial charge is 0.472 e. The van der Waals surface area contributed by atoms with E-state index in [1.54, 1.807) is 12.5 Å². The minimum atomic E-state index is 0.116. The Morgan fingerprint density at radius 1 is 1.39 bits per heavy atom. The number of hydrogen-bond acceptors (Lipinski definition) is 3. The SMILES string of the molecule is CCCNC(c1ccoc1)c1nccn1CCC. The highest BCUT2D eigenvalue weighted by Crippen LogP contribution is 2.21. The van der Waals surface area contributed by atoms with Crippen molar-refractivity contribution in [3.63, 3.8) is 0 Å². The smallest absolute Gasteiger partial charge is 0.130 e. The second-order valence-corrected chi connectivity index (χ2v) is 4.42. The predicted molar refractivity (Wildman–Crippen MR) is 71.4 cm³/mol. The Labute approximate surface area is 108 Å². The molecule has 1 N–H and O–H groups in total. The van der Waals surface area contributed by atoms with Crippen molar-refractivity contribution in [3.05, 3.63) is 42.4 Å². The standard InChI is InChI=1S/C14H21N3O/c1-3-6-15-13(12-5-10-18-11-12)14-16-7-9-17(14)8-4-2/h5,7,9-11,13,15H,3-4,6,8H2,1-2H3. The Balaban J connectivity index is 2.24. The summed E-state index contributed by atoms with van der Waals surface area (Å²) >= 11 is 0. The third-order valence-corrected chi connectivity index (χ3v) is 2.95. The summed E-state index contributed by atoms with van der Waals surface area (Å²) in [6.45, 7) is 6.31. The molecule has 0 aromatic carbocycles. The fourth-order valence-electron chi connectivity index (χ4n) is 2.10. The van der Waals surface area contributed by atoms with Crippen LogP contribution in [0.4, 0.5) is 0 Å². The Hall–Kier alpha value is -1.55. The quantitative estimate of drug-likeness (QED) is 0.818. The Morgan fingerprint density at radius 3 is 2.94 bits per heavy atom. The molecular weight excluding hydrogens is 226 g/mol. The fourth-order valence-corrected chi connectivity index (χ4v) is 2.10. The van der Waals surface area contributed by atoms with Crippen LogP contribution in [0.15, 0.2) is 35.4 Å². The van der Waals surface area contributed by atoms with Gasteiger partial charge < -0.3 is 14.3 Å². The monoisotopic (exact) mass is 247 g/mol. The Bertz CT molecular complexity index is 447. The molecule has 4 nitrogen and oxygen atoms in total. The van der Waals surface area contributed by atoms with Crippen molar-refractivity contribution < 1.29 is 4.42 Å². The van der Waals surface area contributed by atoms with Gasteiger partial charge in [0, 0.05) is 24.5 Å². The molecule has 2 heterocycles. The normalized spacial score (nSPS) is 12.8. The molecule has 0 aliphatic carbocycles. The molecule has 0 aliphatic heterocycles. The molecule has 0 aliphatic rings. The molecule has 2 rings (SSSR count). The van der Waals surface area contributed by atoms with Gasteiger partial charge in [0.1, 0.15) is 5.82 Å². The number of hydrogen-bond donors (Lipinski definition) is 1. The van der Waals surface area contributed by atoms with Gasteiger partial charge in [0.05, 0.1) is 18.6 Å². The van der Waals surface area contributed by atoms with E-state index in [9.17, 15) is 0 Å². The number of rotatable bonds is 7. The average Bonchev–Trinajstić information content (AvgIpc) is 3.02. The second-order valence-electron chi connectivity index (χ2n) is 4.42. The van der Waals surface area contributed by atoms with Crippen molar-refractivity contribution in [1.29, 1.82) is 0 Å². The summed E-state index contributed by atoms with van der Waals surface area (Å²) in [7, 11) is 0. The van der Waals surface area contributed by atoms with E-state index in [-0.39, 0.29) is 6.04 Å². The van der Waals surface area contributed by atoms with E-state index < -0.39 is 0 Å². The van der Waals surface area contributed by atoms with Crippen LogP contribution >= 0.6 is 0 Å². The van der Waals surface area contributed by atoms with Gasteiger partial charge in [0.25, 0.3) is 0 Å². The first-order valence-corrected chi connectivity index (χ1v) is 6.63. The molecule has 18 heavy (non-hydrogen) atoms. The molecular formula is C14H21N3O. The van der Waals surface area contributed by atoms with E-state index in [0.717, 1.165) is 37.3 Å². The molecule has 2 aromatic heterocycles. The molecule has 0 bridgehead atoms. The summed E-state index contributed by atoms with van der Waals surface area (Å²) < 4.78 is 7.40. The number of aryl methyl sites for hydroxylation is 1. The lowest BCUT2D eigenvalue weighted by molar-refractivity contribution is 0.516. The van der Waals surface area contributed by atoms with Crippen molar-refractivity contribution in [2.24, 2.45) is 0 Å². The minimum absolute atomic E-state index is 0.116. The Kier molecular flexibility index (Phi) is 4.59. The van der Waals surface area contributed by atoms with E-state index in [4.69, 9.17) is 4.42 Å². The van der Waals surface area contributed by atoms with E-state index in [2.05, 4.69) is 28.7 Å². The van der Waals surface area contributed by atoms with Crippen LogP contribution in [0.2, 0.25) is 0 Å². The van der Waals surface area contributed by atoms with E-state index in [1.165, 1.54) is 0 Å². The maximum absolute atomic E-state index is 5.20. The second kappa shape index (κ2) is 6.40. The van der Waals surface area contributed by atoms with Gasteiger partial charge in [-0.15, -0.1) is 0 Å². The molecule has 0 amide bonds. The molecule has 1 atom stereocenters. The number of imidazole rings is 1. The van der Waals surface area contributed by atoms with Crippen molar-refractivity contribution in [3.8, 4) is 0 Å². The van der Waals surface area contributed by atoms with Crippen LogP contribution in [0.1, 0.15) is 44.1 Å². The minimum Gasteiger partial charge on any atom is -0.472 e. The lowest BCUT2D eigenvalue weighted by Gasteiger charge is -2.18. The lowest BCUT2D eigenvalue weighted by Crippen LogP contribution is -2.26. The summed E-state index contributed by atoms with van der Waals surface area (Å²) in [4.78, 5) is 4.50. The third-order valence-electron chi connectivity index (χ3n) is 2.95. The highest BCUT2D eigenvalue weighted by atomic mass is 16.3. The Morgan fingerprint density at radius 2 is 2.28 bits per heavy atom. The molecule has 0 radical (unpaired) electrons. The molecule has 1 unspecified atom stereocenters. The first-order chi connectivity index (χ1) is 8.86. The summed E-state index contributed by atoms with van der Waals surface area (Å²) in [5.74, 6) is 1.06. The zero-order valence-corrected chi connectivity index (χ0v) is 11.1. The molecule has 0 saturated carbocycles. The van der Waals surface area contributed by atoms with Gasteiger partial charge in [-0.3, -0.25) is 0 Å².